The van der Waals surface area contributed by atoms with Gasteiger partial charge in [-0.2, -0.15) is 0 Å². The molecule has 5 atom stereocenters. The average molecular weight is 446 g/mol. The van der Waals surface area contributed by atoms with E-state index in [2.05, 4.69) is 31.2 Å². The van der Waals surface area contributed by atoms with Crippen molar-refractivity contribution in [3.8, 4) is 0 Å². The summed E-state index contributed by atoms with van der Waals surface area (Å²) in [7, 11) is 0. The second kappa shape index (κ2) is 8.90. The van der Waals surface area contributed by atoms with Crippen molar-refractivity contribution < 1.29 is 25.2 Å². The maximum atomic E-state index is 10.7. The normalized spacial score (nSPS) is 26.5. The molecule has 0 spiro atoms. The highest BCUT2D eigenvalue weighted by atomic mass is 35.5. The number of fused-ring (bicyclic) bond motifs is 1. The summed E-state index contributed by atoms with van der Waals surface area (Å²) in [5.74, 6) is 0. The number of halogens is 1. The predicted molar refractivity (Wildman–Crippen MR) is 119 cm³/mol. The molecular weight excluding hydrogens is 418 g/mol. The Hall–Kier alpha value is -1.93. The van der Waals surface area contributed by atoms with Crippen LogP contribution in [-0.4, -0.2) is 56.0 Å². The van der Waals surface area contributed by atoms with E-state index in [1.165, 1.54) is 5.56 Å². The highest BCUT2D eigenvalue weighted by Gasteiger charge is 2.44. The summed E-state index contributed by atoms with van der Waals surface area (Å²) in [6.07, 6.45) is -3.22. The molecule has 0 saturated carbocycles. The molecule has 2 aromatic carbocycles. The van der Waals surface area contributed by atoms with Gasteiger partial charge in [-0.15, -0.1) is 0 Å². The first-order valence-corrected chi connectivity index (χ1v) is 10.9. The van der Waals surface area contributed by atoms with Crippen LogP contribution in [-0.2, 0) is 17.7 Å². The number of hydrogen-bond donors (Lipinski definition) is 4. The predicted octanol–water partition coefficient (Wildman–Crippen LogP) is 2.73. The number of aliphatic hydroxyl groups excluding tert-OH is 4. The maximum Gasteiger partial charge on any atom is 0.114 e. The molecule has 0 radical (unpaired) electrons. The van der Waals surface area contributed by atoms with Gasteiger partial charge in [0.15, 0.2) is 0 Å². The Morgan fingerprint density at radius 2 is 1.68 bits per heavy atom. The van der Waals surface area contributed by atoms with E-state index in [0.717, 1.165) is 28.5 Å². The highest BCUT2D eigenvalue weighted by Crippen LogP contribution is 2.39. The van der Waals surface area contributed by atoms with Crippen molar-refractivity contribution in [1.29, 1.82) is 0 Å². The number of nitrogens with zero attached hydrogens (tertiary/aromatic N) is 1. The summed E-state index contributed by atoms with van der Waals surface area (Å²) in [6, 6.07) is 12.2. The Morgan fingerprint density at radius 3 is 2.32 bits per heavy atom. The van der Waals surface area contributed by atoms with E-state index in [1.54, 1.807) is 0 Å². The number of rotatable bonds is 5. The quantitative estimate of drug-likeness (QED) is 0.484. The molecule has 1 fully saturated rings. The van der Waals surface area contributed by atoms with Crippen molar-refractivity contribution in [1.82, 2.24) is 4.57 Å². The molecule has 1 saturated heterocycles. The molecule has 4 rings (SSSR count). The Kier molecular flexibility index (Phi) is 6.40. The van der Waals surface area contributed by atoms with Gasteiger partial charge in [-0.1, -0.05) is 42.8 Å². The smallest absolute Gasteiger partial charge is 0.114 e. The Morgan fingerprint density at radius 1 is 1.00 bits per heavy atom. The zero-order chi connectivity index (χ0) is 22.3. The first-order chi connectivity index (χ1) is 14.8. The summed E-state index contributed by atoms with van der Waals surface area (Å²) < 4.78 is 7.84. The minimum absolute atomic E-state index is 0.469. The van der Waals surface area contributed by atoms with Gasteiger partial charge >= 0.3 is 0 Å². The lowest BCUT2D eigenvalue weighted by Gasteiger charge is -2.40. The number of hydrogen-bond acceptors (Lipinski definition) is 5. The number of aryl methyl sites for hydroxylation is 2. The van der Waals surface area contributed by atoms with Crippen molar-refractivity contribution in [3.63, 3.8) is 0 Å². The summed E-state index contributed by atoms with van der Waals surface area (Å²) in [4.78, 5) is 0. The molecule has 31 heavy (non-hydrogen) atoms. The third-order valence-corrected chi connectivity index (χ3v) is 6.37. The van der Waals surface area contributed by atoms with Gasteiger partial charge in [-0.05, 0) is 42.2 Å². The Bertz CT molecular complexity index is 1060. The van der Waals surface area contributed by atoms with E-state index in [-0.39, 0.29) is 0 Å². The SMILES string of the molecule is CCc1ccc(Cn2cc([C@@H]3O[C@H](CO)[C@@H](O)[C@H](O)[C@H]3O)c3cc(C)cc(Cl)c32)cc1. The zero-order valence-electron chi connectivity index (χ0n) is 17.6. The van der Waals surface area contributed by atoms with Gasteiger partial charge in [0.05, 0.1) is 17.1 Å². The van der Waals surface area contributed by atoms with Gasteiger partial charge in [-0.25, -0.2) is 0 Å². The molecule has 6 nitrogen and oxygen atoms in total. The van der Waals surface area contributed by atoms with Crippen LogP contribution in [0.3, 0.4) is 0 Å². The van der Waals surface area contributed by atoms with Gasteiger partial charge < -0.3 is 29.7 Å². The van der Waals surface area contributed by atoms with Gasteiger partial charge in [0.2, 0.25) is 0 Å². The molecule has 7 heteroatoms. The van der Waals surface area contributed by atoms with Crippen LogP contribution in [0.1, 0.15) is 35.3 Å². The highest BCUT2D eigenvalue weighted by molar-refractivity contribution is 6.35. The molecule has 0 aliphatic carbocycles. The Labute approximate surface area is 186 Å². The van der Waals surface area contributed by atoms with Crippen LogP contribution in [0.15, 0.2) is 42.6 Å². The van der Waals surface area contributed by atoms with Crippen molar-refractivity contribution in [2.24, 2.45) is 0 Å². The molecule has 0 amide bonds. The summed E-state index contributed by atoms with van der Waals surface area (Å²) in [5.41, 5.74) is 4.78. The largest absolute Gasteiger partial charge is 0.394 e. The van der Waals surface area contributed by atoms with Gasteiger partial charge in [0, 0.05) is 23.7 Å². The lowest BCUT2D eigenvalue weighted by atomic mass is 9.91. The standard InChI is InChI=1S/C24H28ClNO5/c1-3-14-4-6-15(7-5-14)10-26-11-17(16-8-13(2)9-18(25)20(16)26)24-23(30)22(29)21(28)19(12-27)31-24/h4-9,11,19,21-24,27-30H,3,10,12H2,1-2H3/t19-,21-,22+,23-,24+/m1/s1. The lowest BCUT2D eigenvalue weighted by Crippen LogP contribution is -2.55. The summed E-state index contributed by atoms with van der Waals surface area (Å²) in [5, 5.41) is 42.0. The molecule has 3 aromatic rings. The van der Waals surface area contributed by atoms with Crippen molar-refractivity contribution in [2.45, 2.75) is 57.3 Å². The number of aromatic nitrogens is 1. The molecule has 4 N–H and O–H groups in total. The van der Waals surface area contributed by atoms with E-state index in [1.807, 2.05) is 29.8 Å². The topological polar surface area (TPSA) is 95.1 Å². The molecule has 1 aliphatic rings. The first-order valence-electron chi connectivity index (χ1n) is 10.5. The maximum absolute atomic E-state index is 10.7. The van der Waals surface area contributed by atoms with Gasteiger partial charge in [0.25, 0.3) is 0 Å². The van der Waals surface area contributed by atoms with Gasteiger partial charge in [-0.3, -0.25) is 0 Å². The van der Waals surface area contributed by atoms with Crippen LogP contribution in [0.4, 0.5) is 0 Å². The lowest BCUT2D eigenvalue weighted by molar-refractivity contribution is -0.231. The summed E-state index contributed by atoms with van der Waals surface area (Å²) in [6.45, 7) is 4.15. The summed E-state index contributed by atoms with van der Waals surface area (Å²) >= 11 is 6.62. The van der Waals surface area contributed by atoms with E-state index in [4.69, 9.17) is 16.3 Å². The fourth-order valence-electron chi connectivity index (χ4n) is 4.34. The van der Waals surface area contributed by atoms with Gasteiger partial charge in [0.1, 0.15) is 30.5 Å². The molecular formula is C24H28ClNO5. The fourth-order valence-corrected chi connectivity index (χ4v) is 4.72. The first kappa shape index (κ1) is 22.3. The number of aliphatic hydroxyl groups is 4. The van der Waals surface area contributed by atoms with Crippen LogP contribution >= 0.6 is 11.6 Å². The third kappa shape index (κ3) is 4.12. The van der Waals surface area contributed by atoms with Crippen LogP contribution in [0.25, 0.3) is 10.9 Å². The second-order valence-corrected chi connectivity index (χ2v) is 8.68. The second-order valence-electron chi connectivity index (χ2n) is 8.27. The van der Waals surface area contributed by atoms with Crippen LogP contribution in [0.2, 0.25) is 5.02 Å². The minimum Gasteiger partial charge on any atom is -0.394 e. The van der Waals surface area contributed by atoms with Crippen LogP contribution in [0.5, 0.6) is 0 Å². The Balaban J connectivity index is 1.80. The van der Waals surface area contributed by atoms with Crippen molar-refractivity contribution in [3.05, 3.63) is 69.9 Å². The van der Waals surface area contributed by atoms with E-state index in [9.17, 15) is 20.4 Å². The van der Waals surface area contributed by atoms with E-state index in [0.29, 0.717) is 17.1 Å². The van der Waals surface area contributed by atoms with Crippen LogP contribution < -0.4 is 0 Å². The monoisotopic (exact) mass is 445 g/mol. The fraction of sp³-hybridized carbons (Fsp3) is 0.417. The molecule has 166 valence electrons. The van der Waals surface area contributed by atoms with Crippen LogP contribution in [0, 0.1) is 6.92 Å². The minimum atomic E-state index is -1.43. The van der Waals surface area contributed by atoms with E-state index < -0.39 is 37.1 Å². The molecule has 2 heterocycles. The molecule has 0 unspecified atom stereocenters. The molecule has 1 aliphatic heterocycles. The molecule has 1 aromatic heterocycles. The zero-order valence-corrected chi connectivity index (χ0v) is 18.3. The van der Waals surface area contributed by atoms with E-state index >= 15 is 0 Å². The number of benzene rings is 2. The average Bonchev–Trinajstić information content (AvgIpc) is 3.11. The molecule has 0 bridgehead atoms. The number of ether oxygens (including phenoxy) is 1. The third-order valence-electron chi connectivity index (χ3n) is 6.08. The van der Waals surface area contributed by atoms with Crippen molar-refractivity contribution in [2.75, 3.05) is 6.61 Å². The van der Waals surface area contributed by atoms with Crippen molar-refractivity contribution >= 4 is 22.5 Å².